The number of benzene rings is 5. The van der Waals surface area contributed by atoms with Crippen molar-refractivity contribution in [2.45, 2.75) is 26.2 Å². The maximum absolute atomic E-state index is 11.4. The summed E-state index contributed by atoms with van der Waals surface area (Å²) in [6.07, 6.45) is 0. The molecule has 1 aliphatic rings. The Morgan fingerprint density at radius 3 is 1.61 bits per heavy atom. The molecule has 0 aliphatic carbocycles. The van der Waals surface area contributed by atoms with Crippen LogP contribution in [-0.2, 0) is 5.41 Å². The first kappa shape index (κ1) is 22.2. The third-order valence-electron chi connectivity index (χ3n) is 7.67. The number of anilines is 3. The number of rotatable bonds is 3. The molecular formula is C34H29NO. The average molecular weight is 468 g/mol. The molecule has 0 aromatic heterocycles. The molecule has 0 saturated carbocycles. The Balaban J connectivity index is 1.83. The molecule has 6 rings (SSSR count). The third kappa shape index (κ3) is 3.11. The van der Waals surface area contributed by atoms with Crippen molar-refractivity contribution in [3.05, 3.63) is 154 Å². The molecule has 0 fully saturated rings. The Hall–Kier alpha value is -4.30. The van der Waals surface area contributed by atoms with Gasteiger partial charge in [0.1, 0.15) is 5.75 Å². The summed E-state index contributed by atoms with van der Waals surface area (Å²) in [6, 6.07) is 40.2. The number of fused-ring (bicyclic) bond motifs is 2. The van der Waals surface area contributed by atoms with E-state index < -0.39 is 5.41 Å². The fourth-order valence-corrected chi connectivity index (χ4v) is 5.98. The van der Waals surface area contributed by atoms with E-state index in [0.717, 1.165) is 33.8 Å². The van der Waals surface area contributed by atoms with Crippen LogP contribution in [0.3, 0.4) is 0 Å². The molecule has 5 aromatic carbocycles. The van der Waals surface area contributed by atoms with Crippen LogP contribution in [0.2, 0.25) is 0 Å². The van der Waals surface area contributed by atoms with E-state index in [1.165, 1.54) is 22.3 Å². The number of hydrogen-bond donors (Lipinski definition) is 1. The van der Waals surface area contributed by atoms with E-state index >= 15 is 0 Å². The van der Waals surface area contributed by atoms with Gasteiger partial charge >= 0.3 is 0 Å². The lowest BCUT2D eigenvalue weighted by molar-refractivity contribution is 0.460. The first-order valence-electron chi connectivity index (χ1n) is 12.4. The van der Waals surface area contributed by atoms with E-state index in [4.69, 9.17) is 0 Å². The zero-order valence-electron chi connectivity index (χ0n) is 20.9. The fourth-order valence-electron chi connectivity index (χ4n) is 5.98. The quantitative estimate of drug-likeness (QED) is 0.282. The molecule has 176 valence electrons. The molecule has 0 spiro atoms. The Bertz CT molecular complexity index is 1540. The zero-order valence-corrected chi connectivity index (χ0v) is 20.9. The first-order chi connectivity index (χ1) is 17.5. The van der Waals surface area contributed by atoms with Crippen LogP contribution in [0.5, 0.6) is 5.75 Å². The van der Waals surface area contributed by atoms with Gasteiger partial charge in [0.25, 0.3) is 0 Å². The Morgan fingerprint density at radius 2 is 1.00 bits per heavy atom. The van der Waals surface area contributed by atoms with Crippen LogP contribution in [0.1, 0.15) is 38.9 Å². The predicted molar refractivity (Wildman–Crippen MR) is 149 cm³/mol. The van der Waals surface area contributed by atoms with E-state index in [0.29, 0.717) is 5.75 Å². The molecule has 0 bridgehead atoms. The highest BCUT2D eigenvalue weighted by Crippen LogP contribution is 2.59. The standard InChI is InChI=1S/C34H29NO/c1-23-21-25(3)30(22-24(23)2)34(29-17-9-12-20-33(29)36)27-15-7-10-18-31(27)35(26-13-5-4-6-14-26)32-19-11-8-16-28(32)34/h4-22,36H,1-3H3. The molecule has 1 heterocycles. The molecule has 0 atom stereocenters. The number of aromatic hydroxyl groups is 1. The molecule has 5 aromatic rings. The summed E-state index contributed by atoms with van der Waals surface area (Å²) in [5.41, 5.74) is 10.8. The predicted octanol–water partition coefficient (Wildman–Crippen LogP) is 8.48. The maximum atomic E-state index is 11.4. The highest BCUT2D eigenvalue weighted by molar-refractivity contribution is 5.90. The molecule has 1 N–H and O–H groups in total. The zero-order chi connectivity index (χ0) is 24.9. The summed E-state index contributed by atoms with van der Waals surface area (Å²) >= 11 is 0. The monoisotopic (exact) mass is 467 g/mol. The van der Waals surface area contributed by atoms with Crippen LogP contribution >= 0.6 is 0 Å². The Morgan fingerprint density at radius 1 is 0.500 bits per heavy atom. The van der Waals surface area contributed by atoms with Crippen LogP contribution < -0.4 is 4.90 Å². The van der Waals surface area contributed by atoms with Gasteiger partial charge in [-0.25, -0.2) is 0 Å². The summed E-state index contributed by atoms with van der Waals surface area (Å²) in [4.78, 5) is 2.35. The van der Waals surface area contributed by atoms with Gasteiger partial charge in [0.2, 0.25) is 0 Å². The van der Waals surface area contributed by atoms with Crippen molar-refractivity contribution in [1.82, 2.24) is 0 Å². The molecule has 36 heavy (non-hydrogen) atoms. The number of phenols is 1. The second-order valence-corrected chi connectivity index (χ2v) is 9.72. The Kier molecular flexibility index (Phi) is 5.19. The normalized spacial score (nSPS) is 13.7. The van der Waals surface area contributed by atoms with Gasteiger partial charge < -0.3 is 10.0 Å². The minimum absolute atomic E-state index is 0.299. The van der Waals surface area contributed by atoms with E-state index in [-0.39, 0.29) is 0 Å². The van der Waals surface area contributed by atoms with Crippen molar-refractivity contribution in [2.24, 2.45) is 0 Å². The highest BCUT2D eigenvalue weighted by Gasteiger charge is 2.48. The number of nitrogens with zero attached hydrogens (tertiary/aromatic N) is 1. The third-order valence-corrected chi connectivity index (χ3v) is 7.67. The number of para-hydroxylation sites is 4. The van der Waals surface area contributed by atoms with Crippen molar-refractivity contribution >= 4 is 17.1 Å². The SMILES string of the molecule is Cc1cc(C)c(C2(c3ccccc3O)c3ccccc3N(c3ccccc3)c3ccccc32)cc1C. The molecule has 0 unspecified atom stereocenters. The minimum Gasteiger partial charge on any atom is -0.508 e. The van der Waals surface area contributed by atoms with E-state index in [9.17, 15) is 5.11 Å². The Labute approximate surface area is 213 Å². The van der Waals surface area contributed by atoms with Gasteiger partial charge in [-0.05, 0) is 84.5 Å². The van der Waals surface area contributed by atoms with Crippen molar-refractivity contribution in [3.63, 3.8) is 0 Å². The highest BCUT2D eigenvalue weighted by atomic mass is 16.3. The van der Waals surface area contributed by atoms with Gasteiger partial charge in [0.05, 0.1) is 16.8 Å². The molecular weight excluding hydrogens is 438 g/mol. The number of hydrogen-bond acceptors (Lipinski definition) is 2. The summed E-state index contributed by atoms with van der Waals surface area (Å²) in [5.74, 6) is 0.299. The van der Waals surface area contributed by atoms with Gasteiger partial charge in [-0.1, -0.05) is 84.9 Å². The molecule has 0 amide bonds. The lowest BCUT2D eigenvalue weighted by Gasteiger charge is -2.47. The van der Waals surface area contributed by atoms with Crippen LogP contribution in [0, 0.1) is 20.8 Å². The minimum atomic E-state index is -0.688. The van der Waals surface area contributed by atoms with Gasteiger partial charge in [0.15, 0.2) is 0 Å². The van der Waals surface area contributed by atoms with E-state index in [1.807, 2.05) is 18.2 Å². The molecule has 2 heteroatoms. The summed E-state index contributed by atoms with van der Waals surface area (Å²) in [7, 11) is 0. The van der Waals surface area contributed by atoms with Crippen molar-refractivity contribution < 1.29 is 5.11 Å². The van der Waals surface area contributed by atoms with Crippen molar-refractivity contribution in [3.8, 4) is 5.75 Å². The van der Waals surface area contributed by atoms with Gasteiger partial charge in [-0.3, -0.25) is 0 Å². The number of phenolic OH excluding ortho intramolecular Hbond substituents is 1. The first-order valence-corrected chi connectivity index (χ1v) is 12.4. The summed E-state index contributed by atoms with van der Waals surface area (Å²) in [6.45, 7) is 6.53. The second-order valence-electron chi connectivity index (χ2n) is 9.72. The van der Waals surface area contributed by atoms with Crippen LogP contribution in [0.25, 0.3) is 0 Å². The fraction of sp³-hybridized carbons (Fsp3) is 0.118. The second kappa shape index (κ2) is 8.42. The van der Waals surface area contributed by atoms with Crippen molar-refractivity contribution in [2.75, 3.05) is 4.90 Å². The molecule has 2 nitrogen and oxygen atoms in total. The largest absolute Gasteiger partial charge is 0.508 e. The maximum Gasteiger partial charge on any atom is 0.120 e. The van der Waals surface area contributed by atoms with Gasteiger partial charge in [0, 0.05) is 11.3 Å². The van der Waals surface area contributed by atoms with Crippen LogP contribution in [-0.4, -0.2) is 5.11 Å². The smallest absolute Gasteiger partial charge is 0.120 e. The molecule has 1 aliphatic heterocycles. The average Bonchev–Trinajstić information content (AvgIpc) is 2.90. The van der Waals surface area contributed by atoms with Gasteiger partial charge in [-0.2, -0.15) is 0 Å². The lowest BCUT2D eigenvalue weighted by Crippen LogP contribution is -2.38. The van der Waals surface area contributed by atoms with Crippen LogP contribution in [0.15, 0.2) is 115 Å². The summed E-state index contributed by atoms with van der Waals surface area (Å²) < 4.78 is 0. The lowest BCUT2D eigenvalue weighted by atomic mass is 9.61. The van der Waals surface area contributed by atoms with E-state index in [2.05, 4.69) is 123 Å². The topological polar surface area (TPSA) is 23.5 Å². The van der Waals surface area contributed by atoms with Crippen molar-refractivity contribution in [1.29, 1.82) is 0 Å². The summed E-state index contributed by atoms with van der Waals surface area (Å²) in [5, 5.41) is 11.4. The van der Waals surface area contributed by atoms with Crippen LogP contribution in [0.4, 0.5) is 17.1 Å². The number of aryl methyl sites for hydroxylation is 3. The molecule has 0 saturated heterocycles. The van der Waals surface area contributed by atoms with Gasteiger partial charge in [-0.15, -0.1) is 0 Å². The van der Waals surface area contributed by atoms with E-state index in [1.54, 1.807) is 0 Å². The molecule has 0 radical (unpaired) electrons.